The maximum absolute atomic E-state index is 12.7. The van der Waals surface area contributed by atoms with Gasteiger partial charge < -0.3 is 4.74 Å². The maximum Gasteiger partial charge on any atom is 0.269 e. The average molecular weight is 331 g/mol. The van der Waals surface area contributed by atoms with Gasteiger partial charge in [-0.25, -0.2) is 13.8 Å². The van der Waals surface area contributed by atoms with Crippen molar-refractivity contribution in [1.29, 1.82) is 0 Å². The molecule has 0 aliphatic heterocycles. The van der Waals surface area contributed by atoms with Crippen LogP contribution in [0.3, 0.4) is 0 Å². The van der Waals surface area contributed by atoms with E-state index in [1.165, 1.54) is 13.3 Å². The Balaban J connectivity index is 3.36. The molecule has 0 fully saturated rings. The van der Waals surface area contributed by atoms with E-state index in [0.29, 0.717) is 15.4 Å². The molecule has 0 aromatic carbocycles. The van der Waals surface area contributed by atoms with Crippen LogP contribution >= 0.6 is 31.9 Å². The molecule has 0 radical (unpaired) electrons. The Labute approximate surface area is 96.9 Å². The third-order valence-electron chi connectivity index (χ3n) is 1.68. The Morgan fingerprint density at radius 3 is 2.64 bits per heavy atom. The second kappa shape index (κ2) is 5.02. The van der Waals surface area contributed by atoms with Gasteiger partial charge in [-0.05, 0) is 21.5 Å². The van der Waals surface area contributed by atoms with E-state index in [2.05, 4.69) is 36.8 Å². The average Bonchev–Trinajstić information content (AvgIpc) is 2.17. The molecule has 0 saturated heterocycles. The molecule has 0 atom stereocenters. The fourth-order valence-electron chi connectivity index (χ4n) is 1.04. The summed E-state index contributed by atoms with van der Waals surface area (Å²) in [7, 11) is 1.32. The number of hydrogen-bond donors (Lipinski definition) is 0. The predicted octanol–water partition coefficient (Wildman–Crippen LogP) is 3.69. The molecule has 14 heavy (non-hydrogen) atoms. The zero-order valence-electron chi connectivity index (χ0n) is 7.23. The lowest BCUT2D eigenvalue weighted by molar-refractivity contribution is 0.145. The zero-order valence-corrected chi connectivity index (χ0v) is 10.4. The molecule has 0 unspecified atom stereocenters. The molecule has 1 rings (SSSR count). The van der Waals surface area contributed by atoms with Crippen molar-refractivity contribution in [3.05, 3.63) is 21.8 Å². The smallest absolute Gasteiger partial charge is 0.269 e. The molecule has 1 aromatic heterocycles. The highest BCUT2D eigenvalue weighted by Gasteiger charge is 2.21. The van der Waals surface area contributed by atoms with E-state index in [4.69, 9.17) is 4.74 Å². The second-order valence-corrected chi connectivity index (χ2v) is 3.86. The van der Waals surface area contributed by atoms with Gasteiger partial charge in [0.25, 0.3) is 6.43 Å². The molecule has 0 aliphatic carbocycles. The van der Waals surface area contributed by atoms with Crippen LogP contribution < -0.4 is 4.74 Å². The molecule has 1 heterocycles. The Bertz CT molecular complexity index is 333. The van der Waals surface area contributed by atoms with Crippen molar-refractivity contribution in [2.24, 2.45) is 0 Å². The van der Waals surface area contributed by atoms with Gasteiger partial charge in [-0.15, -0.1) is 0 Å². The molecule has 0 aliphatic rings. The van der Waals surface area contributed by atoms with Crippen LogP contribution in [0, 0.1) is 0 Å². The monoisotopic (exact) mass is 329 g/mol. The van der Waals surface area contributed by atoms with Crippen LogP contribution in [-0.4, -0.2) is 12.1 Å². The molecule has 78 valence electrons. The lowest BCUT2D eigenvalue weighted by Crippen LogP contribution is -2.01. The number of aromatic nitrogens is 1. The molecule has 0 spiro atoms. The zero-order chi connectivity index (χ0) is 10.7. The van der Waals surface area contributed by atoms with Gasteiger partial charge >= 0.3 is 0 Å². The third-order valence-corrected chi connectivity index (χ3v) is 2.93. The van der Waals surface area contributed by atoms with Gasteiger partial charge in [-0.1, -0.05) is 15.9 Å². The molecule has 1 aromatic rings. The minimum Gasteiger partial charge on any atom is -0.481 e. The first kappa shape index (κ1) is 11.8. The van der Waals surface area contributed by atoms with Gasteiger partial charge in [0.2, 0.25) is 5.88 Å². The van der Waals surface area contributed by atoms with E-state index in [1.54, 1.807) is 0 Å². The molecular formula is C8H7Br2F2NO. The van der Waals surface area contributed by atoms with Crippen LogP contribution in [0.1, 0.15) is 17.6 Å². The third kappa shape index (κ3) is 2.23. The minimum absolute atomic E-state index is 0.0300. The number of rotatable bonds is 3. The summed E-state index contributed by atoms with van der Waals surface area (Å²) < 4.78 is 30.7. The fraction of sp³-hybridized carbons (Fsp3) is 0.375. The molecule has 0 N–H and O–H groups in total. The number of pyridine rings is 1. The van der Waals surface area contributed by atoms with E-state index in [9.17, 15) is 8.78 Å². The Morgan fingerprint density at radius 1 is 1.57 bits per heavy atom. The summed E-state index contributed by atoms with van der Waals surface area (Å²) in [5.74, 6) is -0.0300. The van der Waals surface area contributed by atoms with E-state index in [-0.39, 0.29) is 11.4 Å². The highest BCUT2D eigenvalue weighted by Crippen LogP contribution is 2.35. The van der Waals surface area contributed by atoms with Crippen molar-refractivity contribution in [3.8, 4) is 5.88 Å². The van der Waals surface area contributed by atoms with Crippen molar-refractivity contribution >= 4 is 31.9 Å². The van der Waals surface area contributed by atoms with Crippen LogP contribution in [0.15, 0.2) is 10.7 Å². The number of nitrogens with zero attached hydrogens (tertiary/aromatic N) is 1. The highest BCUT2D eigenvalue weighted by atomic mass is 79.9. The van der Waals surface area contributed by atoms with E-state index in [0.717, 1.165) is 0 Å². The summed E-state index contributed by atoms with van der Waals surface area (Å²) >= 11 is 6.30. The van der Waals surface area contributed by atoms with Crippen molar-refractivity contribution in [1.82, 2.24) is 4.98 Å². The van der Waals surface area contributed by atoms with Gasteiger partial charge in [0.05, 0.1) is 12.7 Å². The standard InChI is InChI=1S/C8H7Br2F2NO/c1-14-8-6(7(11)12)4(2-9)5(10)3-13-8/h3,7H,2H2,1H3. The van der Waals surface area contributed by atoms with Crippen LogP contribution in [0.2, 0.25) is 0 Å². The summed E-state index contributed by atoms with van der Waals surface area (Å²) in [6.45, 7) is 0. The Morgan fingerprint density at radius 2 is 2.21 bits per heavy atom. The molecular weight excluding hydrogens is 324 g/mol. The van der Waals surface area contributed by atoms with Crippen molar-refractivity contribution < 1.29 is 13.5 Å². The van der Waals surface area contributed by atoms with E-state index in [1.807, 2.05) is 0 Å². The van der Waals surface area contributed by atoms with Crippen LogP contribution in [-0.2, 0) is 5.33 Å². The maximum atomic E-state index is 12.7. The van der Waals surface area contributed by atoms with Crippen LogP contribution in [0.25, 0.3) is 0 Å². The first-order chi connectivity index (χ1) is 6.61. The number of methoxy groups -OCH3 is 1. The second-order valence-electron chi connectivity index (χ2n) is 2.44. The summed E-state index contributed by atoms with van der Waals surface area (Å²) in [6, 6.07) is 0. The number of alkyl halides is 3. The quantitative estimate of drug-likeness (QED) is 0.789. The van der Waals surface area contributed by atoms with Gasteiger partial charge in [0, 0.05) is 16.0 Å². The minimum atomic E-state index is -2.59. The SMILES string of the molecule is COc1ncc(Br)c(CBr)c1C(F)F. The predicted molar refractivity (Wildman–Crippen MR) is 56.1 cm³/mol. The number of hydrogen-bond acceptors (Lipinski definition) is 2. The number of ether oxygens (including phenoxy) is 1. The van der Waals surface area contributed by atoms with Crippen molar-refractivity contribution in [3.63, 3.8) is 0 Å². The molecule has 0 bridgehead atoms. The van der Waals surface area contributed by atoms with Crippen molar-refractivity contribution in [2.45, 2.75) is 11.8 Å². The van der Waals surface area contributed by atoms with Gasteiger partial charge in [0.1, 0.15) is 0 Å². The van der Waals surface area contributed by atoms with Gasteiger partial charge in [-0.3, -0.25) is 0 Å². The normalized spacial score (nSPS) is 10.7. The fourth-order valence-corrected chi connectivity index (χ4v) is 2.48. The molecule has 0 amide bonds. The summed E-state index contributed by atoms with van der Waals surface area (Å²) in [5, 5.41) is 0.326. The Hall–Kier alpha value is -0.230. The lowest BCUT2D eigenvalue weighted by Gasteiger charge is -2.11. The topological polar surface area (TPSA) is 22.1 Å². The Kier molecular flexibility index (Phi) is 4.25. The van der Waals surface area contributed by atoms with Crippen LogP contribution in [0.4, 0.5) is 8.78 Å². The number of halogens is 4. The summed E-state index contributed by atoms with van der Waals surface area (Å²) in [4.78, 5) is 3.76. The molecule has 2 nitrogen and oxygen atoms in total. The van der Waals surface area contributed by atoms with Crippen molar-refractivity contribution in [2.75, 3.05) is 7.11 Å². The van der Waals surface area contributed by atoms with E-state index >= 15 is 0 Å². The first-order valence-electron chi connectivity index (χ1n) is 3.67. The largest absolute Gasteiger partial charge is 0.481 e. The highest BCUT2D eigenvalue weighted by molar-refractivity contribution is 9.10. The lowest BCUT2D eigenvalue weighted by atomic mass is 10.1. The first-order valence-corrected chi connectivity index (χ1v) is 5.58. The van der Waals surface area contributed by atoms with Crippen LogP contribution in [0.5, 0.6) is 5.88 Å². The van der Waals surface area contributed by atoms with E-state index < -0.39 is 6.43 Å². The molecule has 0 saturated carbocycles. The molecule has 6 heteroatoms. The van der Waals surface area contributed by atoms with Gasteiger partial charge in [-0.2, -0.15) is 0 Å². The van der Waals surface area contributed by atoms with Gasteiger partial charge in [0.15, 0.2) is 0 Å². The summed E-state index contributed by atoms with van der Waals surface area (Å²) in [5.41, 5.74) is 0.297. The summed E-state index contributed by atoms with van der Waals surface area (Å²) in [6.07, 6.45) is -1.15.